The molecule has 2 aliphatic heterocycles. The van der Waals surface area contributed by atoms with E-state index in [-0.39, 0.29) is 24.7 Å². The zero-order chi connectivity index (χ0) is 23.3. The van der Waals surface area contributed by atoms with Crippen molar-refractivity contribution in [3.63, 3.8) is 0 Å². The predicted molar refractivity (Wildman–Crippen MR) is 120 cm³/mol. The van der Waals surface area contributed by atoms with Gasteiger partial charge in [0.25, 0.3) is 5.91 Å². The number of aliphatic hydroxyl groups is 1. The minimum atomic E-state index is -0.822. The van der Waals surface area contributed by atoms with E-state index >= 15 is 0 Å². The van der Waals surface area contributed by atoms with Gasteiger partial charge in [-0.1, -0.05) is 31.2 Å². The van der Waals surface area contributed by atoms with Gasteiger partial charge in [-0.05, 0) is 37.8 Å². The Morgan fingerprint density at radius 2 is 2.00 bits per heavy atom. The molecule has 2 N–H and O–H groups in total. The van der Waals surface area contributed by atoms with Crippen LogP contribution in [0.2, 0.25) is 0 Å². The molecule has 8 nitrogen and oxygen atoms in total. The first-order valence-corrected chi connectivity index (χ1v) is 10.7. The van der Waals surface area contributed by atoms with Gasteiger partial charge in [0.05, 0.1) is 18.8 Å². The topological polar surface area (TPSA) is 95.5 Å². The molecular formula is C24H33NO7. The normalized spacial score (nSPS) is 28.8. The maximum atomic E-state index is 13.1. The Balaban J connectivity index is 2.02. The number of hydrogen-bond acceptors (Lipinski definition) is 7. The highest BCUT2D eigenvalue weighted by Gasteiger charge is 2.43. The lowest BCUT2D eigenvalue weighted by molar-refractivity contribution is -0.152. The maximum Gasteiger partial charge on any atom is 0.255 e. The summed E-state index contributed by atoms with van der Waals surface area (Å²) in [5.41, 5.74) is 1.04. The van der Waals surface area contributed by atoms with Gasteiger partial charge in [-0.2, -0.15) is 0 Å². The fraction of sp³-hybridized carbons (Fsp3) is 0.542. The molecule has 3 rings (SSSR count). The van der Waals surface area contributed by atoms with Crippen LogP contribution in [0.4, 0.5) is 0 Å². The summed E-state index contributed by atoms with van der Waals surface area (Å²) in [6, 6.07) is 3.45. The third-order valence-corrected chi connectivity index (χ3v) is 5.35. The first-order chi connectivity index (χ1) is 15.2. The van der Waals surface area contributed by atoms with Crippen LogP contribution in [0.25, 0.3) is 6.08 Å². The van der Waals surface area contributed by atoms with Gasteiger partial charge in [-0.3, -0.25) is 4.79 Å². The van der Waals surface area contributed by atoms with Gasteiger partial charge in [0.15, 0.2) is 12.6 Å². The monoisotopic (exact) mass is 447 g/mol. The zero-order valence-corrected chi connectivity index (χ0v) is 19.3. The molecule has 1 amide bonds. The Morgan fingerprint density at radius 1 is 1.22 bits per heavy atom. The van der Waals surface area contributed by atoms with Gasteiger partial charge in [-0.15, -0.1) is 0 Å². The van der Waals surface area contributed by atoms with Crippen LogP contribution in [0.1, 0.15) is 43.1 Å². The zero-order valence-electron chi connectivity index (χ0n) is 19.3. The number of fused-ring (bicyclic) bond motifs is 2. The van der Waals surface area contributed by atoms with Gasteiger partial charge in [0.2, 0.25) is 0 Å². The molecule has 0 aliphatic carbocycles. The summed E-state index contributed by atoms with van der Waals surface area (Å²) >= 11 is 0. The standard InChI is InChI=1S/C24H33NO7/c1-15-9-10-18(26)22-19(31-24(2,3)32-22)8-6-7-16-11-17(29-5)12-20(30-14-28-4)21(16)23(27)25-13-15/h6-7,9-12,15,18-19,22,26H,8,13-14H2,1-5H3,(H,25,27)/b7-6?,10-9-/t15-,18?,19+,22?/m1/s1. The number of methoxy groups -OCH3 is 2. The molecule has 0 spiro atoms. The van der Waals surface area contributed by atoms with Crippen LogP contribution in [0.3, 0.4) is 0 Å². The van der Waals surface area contributed by atoms with Crippen LogP contribution < -0.4 is 14.8 Å². The number of hydrogen-bond donors (Lipinski definition) is 2. The minimum absolute atomic E-state index is 0.00233. The predicted octanol–water partition coefficient (Wildman–Crippen LogP) is 2.90. The van der Waals surface area contributed by atoms with Crippen molar-refractivity contribution in [1.29, 1.82) is 0 Å². The van der Waals surface area contributed by atoms with Gasteiger partial charge in [-0.25, -0.2) is 0 Å². The van der Waals surface area contributed by atoms with Crippen molar-refractivity contribution >= 4 is 12.0 Å². The average Bonchev–Trinajstić information content (AvgIpc) is 3.07. The molecule has 1 aromatic carbocycles. The van der Waals surface area contributed by atoms with E-state index in [1.165, 1.54) is 7.11 Å². The molecule has 1 fully saturated rings. The van der Waals surface area contributed by atoms with Crippen molar-refractivity contribution in [3.05, 3.63) is 41.5 Å². The molecule has 0 radical (unpaired) electrons. The van der Waals surface area contributed by atoms with Gasteiger partial charge in [0.1, 0.15) is 23.7 Å². The van der Waals surface area contributed by atoms with Crippen LogP contribution in [0.5, 0.6) is 11.5 Å². The molecule has 2 aliphatic rings. The average molecular weight is 448 g/mol. The van der Waals surface area contributed by atoms with E-state index in [1.54, 1.807) is 25.3 Å². The van der Waals surface area contributed by atoms with Crippen molar-refractivity contribution in [2.75, 3.05) is 27.6 Å². The molecule has 2 heterocycles. The number of benzene rings is 1. The number of rotatable bonds is 4. The summed E-state index contributed by atoms with van der Waals surface area (Å²) in [5, 5.41) is 13.6. The Bertz CT molecular complexity index is 864. The fourth-order valence-corrected chi connectivity index (χ4v) is 3.83. The fourth-order valence-electron chi connectivity index (χ4n) is 3.83. The molecule has 0 saturated carbocycles. The largest absolute Gasteiger partial charge is 0.497 e. The van der Waals surface area contributed by atoms with Crippen molar-refractivity contribution in [3.8, 4) is 11.5 Å². The van der Waals surface area contributed by atoms with Gasteiger partial charge < -0.3 is 34.1 Å². The maximum absolute atomic E-state index is 13.1. The molecule has 1 aromatic rings. The Kier molecular flexibility index (Phi) is 7.95. The van der Waals surface area contributed by atoms with Crippen molar-refractivity contribution < 1.29 is 33.6 Å². The van der Waals surface area contributed by atoms with E-state index < -0.39 is 18.0 Å². The van der Waals surface area contributed by atoms with Gasteiger partial charge in [0, 0.05) is 19.7 Å². The third kappa shape index (κ3) is 5.89. The smallest absolute Gasteiger partial charge is 0.255 e. The second-order valence-electron chi connectivity index (χ2n) is 8.48. The van der Waals surface area contributed by atoms with E-state index in [0.717, 1.165) is 0 Å². The minimum Gasteiger partial charge on any atom is -0.497 e. The van der Waals surface area contributed by atoms with E-state index in [9.17, 15) is 9.90 Å². The summed E-state index contributed by atoms with van der Waals surface area (Å²) < 4.78 is 28.1. The van der Waals surface area contributed by atoms with Crippen molar-refractivity contribution in [2.45, 2.75) is 51.3 Å². The number of carbonyl (C=O) groups excluding carboxylic acids is 1. The van der Waals surface area contributed by atoms with E-state index in [0.29, 0.717) is 35.6 Å². The number of nitrogens with one attached hydrogen (secondary N) is 1. The summed E-state index contributed by atoms with van der Waals surface area (Å²) in [7, 11) is 3.07. The molecule has 8 heteroatoms. The quantitative estimate of drug-likeness (QED) is 0.541. The second-order valence-corrected chi connectivity index (χ2v) is 8.48. The number of aliphatic hydroxyl groups excluding tert-OH is 1. The third-order valence-electron chi connectivity index (χ3n) is 5.35. The summed E-state index contributed by atoms with van der Waals surface area (Å²) in [5.74, 6) is -0.146. The molecular weight excluding hydrogens is 414 g/mol. The van der Waals surface area contributed by atoms with E-state index in [1.807, 2.05) is 39.0 Å². The lowest BCUT2D eigenvalue weighted by Crippen LogP contribution is -2.34. The second kappa shape index (κ2) is 10.5. The molecule has 1 saturated heterocycles. The molecule has 32 heavy (non-hydrogen) atoms. The number of amides is 1. The lowest BCUT2D eigenvalue weighted by atomic mass is 9.99. The Hall–Kier alpha value is -2.39. The number of carbonyl (C=O) groups is 1. The molecule has 2 unspecified atom stereocenters. The van der Waals surface area contributed by atoms with Crippen LogP contribution >= 0.6 is 0 Å². The highest BCUT2D eigenvalue weighted by molar-refractivity contribution is 6.00. The van der Waals surface area contributed by atoms with E-state index in [2.05, 4.69) is 5.32 Å². The molecule has 0 bridgehead atoms. The van der Waals surface area contributed by atoms with Crippen LogP contribution in [0, 0.1) is 5.92 Å². The molecule has 0 aromatic heterocycles. The van der Waals surface area contributed by atoms with Crippen LogP contribution in [0.15, 0.2) is 30.4 Å². The van der Waals surface area contributed by atoms with Gasteiger partial charge >= 0.3 is 0 Å². The lowest BCUT2D eigenvalue weighted by Gasteiger charge is -2.21. The highest BCUT2D eigenvalue weighted by Crippen LogP contribution is 2.34. The van der Waals surface area contributed by atoms with Crippen LogP contribution in [-0.4, -0.2) is 62.7 Å². The molecule has 176 valence electrons. The Morgan fingerprint density at radius 3 is 2.72 bits per heavy atom. The Labute approximate surface area is 189 Å². The first kappa shape index (κ1) is 24.3. The summed E-state index contributed by atoms with van der Waals surface area (Å²) in [4.78, 5) is 13.1. The number of ether oxygens (including phenoxy) is 5. The summed E-state index contributed by atoms with van der Waals surface area (Å²) in [6.45, 7) is 6.01. The van der Waals surface area contributed by atoms with Crippen molar-refractivity contribution in [2.24, 2.45) is 5.92 Å². The van der Waals surface area contributed by atoms with Crippen molar-refractivity contribution in [1.82, 2.24) is 5.32 Å². The van der Waals surface area contributed by atoms with E-state index in [4.69, 9.17) is 23.7 Å². The highest BCUT2D eigenvalue weighted by atomic mass is 16.8. The first-order valence-electron chi connectivity index (χ1n) is 10.7. The SMILES string of the molecule is COCOc1cc(OC)cc2c1C(=O)NC[C@H](C)/C=C\C(O)C1OC(C)(C)O[C@H]1CC=C2. The van der Waals surface area contributed by atoms with Crippen LogP contribution in [-0.2, 0) is 14.2 Å². The molecule has 4 atom stereocenters. The summed E-state index contributed by atoms with van der Waals surface area (Å²) in [6.07, 6.45) is 6.14.